The van der Waals surface area contributed by atoms with Gasteiger partial charge in [-0.05, 0) is 23.5 Å². The number of aliphatic hydroxyl groups is 1. The Balaban J connectivity index is 1.74. The second kappa shape index (κ2) is 6.91. The minimum absolute atomic E-state index is 0.00748. The molecule has 0 aliphatic carbocycles. The minimum Gasteiger partial charge on any atom is -0.493 e. The molecule has 0 saturated carbocycles. The first-order valence-electron chi connectivity index (χ1n) is 9.63. The summed E-state index contributed by atoms with van der Waals surface area (Å²) in [7, 11) is 0. The number of hydrogen-bond acceptors (Lipinski definition) is 4. The Hall–Kier alpha value is -2.74. The maximum atomic E-state index is 14.1. The molecule has 1 unspecified atom stereocenters. The Kier molecular flexibility index (Phi) is 4.73. The van der Waals surface area contributed by atoms with Gasteiger partial charge in [0.05, 0.1) is 24.8 Å². The van der Waals surface area contributed by atoms with Gasteiger partial charge in [0.1, 0.15) is 5.75 Å². The van der Waals surface area contributed by atoms with Gasteiger partial charge in [-0.25, -0.2) is 0 Å². The molecule has 1 atom stereocenters. The lowest BCUT2D eigenvalue weighted by atomic mass is 9.74. The van der Waals surface area contributed by atoms with Gasteiger partial charge >= 0.3 is 6.18 Å². The monoisotopic (exact) mass is 421 g/mol. The summed E-state index contributed by atoms with van der Waals surface area (Å²) >= 11 is 0. The standard InChI is InChI=1S/C22H22F3NO4/c1-20(2,16-5-3-4-14-7-10-29-18(14)16)12-21(28,22(23,24)25)13-26-9-6-17(27)15-8-11-30-19(15)26/h3-6,8-9,11,28H,7,10,12-13H2,1-2H3. The van der Waals surface area contributed by atoms with Gasteiger partial charge in [0.15, 0.2) is 11.0 Å². The fourth-order valence-corrected chi connectivity index (χ4v) is 4.25. The van der Waals surface area contributed by atoms with Crippen LogP contribution < -0.4 is 10.2 Å². The second-order valence-electron chi connectivity index (χ2n) is 8.43. The highest BCUT2D eigenvalue weighted by atomic mass is 19.4. The van der Waals surface area contributed by atoms with Crippen molar-refractivity contribution in [2.24, 2.45) is 0 Å². The number of halogens is 3. The first-order valence-corrected chi connectivity index (χ1v) is 9.63. The Morgan fingerprint density at radius 3 is 2.67 bits per heavy atom. The van der Waals surface area contributed by atoms with Crippen molar-refractivity contribution in [2.45, 2.75) is 50.4 Å². The first-order chi connectivity index (χ1) is 14.0. The molecule has 30 heavy (non-hydrogen) atoms. The molecule has 1 aromatic carbocycles. The summed E-state index contributed by atoms with van der Waals surface area (Å²) in [6, 6.07) is 8.00. The van der Waals surface area contributed by atoms with Crippen LogP contribution >= 0.6 is 0 Å². The highest BCUT2D eigenvalue weighted by Gasteiger charge is 2.56. The molecule has 0 spiro atoms. The van der Waals surface area contributed by atoms with E-state index in [0.717, 1.165) is 16.2 Å². The van der Waals surface area contributed by atoms with Crippen molar-refractivity contribution >= 4 is 11.1 Å². The molecule has 3 heterocycles. The predicted octanol–water partition coefficient (Wildman–Crippen LogP) is 4.19. The van der Waals surface area contributed by atoms with Gasteiger partial charge < -0.3 is 18.8 Å². The molecule has 1 N–H and O–H groups in total. The van der Waals surface area contributed by atoms with Gasteiger partial charge in [0.2, 0.25) is 5.71 Å². The van der Waals surface area contributed by atoms with Crippen LogP contribution in [0.5, 0.6) is 5.75 Å². The van der Waals surface area contributed by atoms with Crippen molar-refractivity contribution in [1.82, 2.24) is 4.57 Å². The number of ether oxygens (including phenoxy) is 1. The minimum atomic E-state index is -4.91. The summed E-state index contributed by atoms with van der Waals surface area (Å²) in [5, 5.41) is 11.1. The third kappa shape index (κ3) is 3.39. The van der Waals surface area contributed by atoms with E-state index in [4.69, 9.17) is 9.15 Å². The number of alkyl halides is 3. The predicted molar refractivity (Wildman–Crippen MR) is 105 cm³/mol. The van der Waals surface area contributed by atoms with Crippen LogP contribution in [0.25, 0.3) is 11.1 Å². The average molecular weight is 421 g/mol. The molecular formula is C22H22F3NO4. The van der Waals surface area contributed by atoms with E-state index >= 15 is 0 Å². The summed E-state index contributed by atoms with van der Waals surface area (Å²) in [6.45, 7) is 3.00. The van der Waals surface area contributed by atoms with E-state index in [2.05, 4.69) is 0 Å². The number of fused-ring (bicyclic) bond motifs is 2. The third-order valence-electron chi connectivity index (χ3n) is 5.71. The van der Waals surface area contributed by atoms with Crippen molar-refractivity contribution in [3.05, 3.63) is 64.1 Å². The van der Waals surface area contributed by atoms with Crippen molar-refractivity contribution < 1.29 is 27.4 Å². The van der Waals surface area contributed by atoms with Crippen molar-refractivity contribution in [3.8, 4) is 5.75 Å². The molecule has 3 aromatic rings. The van der Waals surface area contributed by atoms with E-state index < -0.39 is 30.2 Å². The van der Waals surface area contributed by atoms with Crippen LogP contribution in [0.1, 0.15) is 31.4 Å². The van der Waals surface area contributed by atoms with E-state index in [0.29, 0.717) is 24.3 Å². The summed E-state index contributed by atoms with van der Waals surface area (Å²) in [5.41, 5.74) is -2.89. The van der Waals surface area contributed by atoms with Gasteiger partial charge in [0, 0.05) is 24.2 Å². The van der Waals surface area contributed by atoms with E-state index in [1.165, 1.54) is 18.5 Å². The molecule has 1 aliphatic rings. The number of rotatable bonds is 5. The molecule has 0 saturated heterocycles. The van der Waals surface area contributed by atoms with Crippen LogP contribution in [0.3, 0.4) is 0 Å². The lowest BCUT2D eigenvalue weighted by Crippen LogP contribution is -2.52. The van der Waals surface area contributed by atoms with Crippen molar-refractivity contribution in [3.63, 3.8) is 0 Å². The fraction of sp³-hybridized carbons (Fsp3) is 0.409. The Morgan fingerprint density at radius 1 is 1.17 bits per heavy atom. The number of nitrogens with zero attached hydrogens (tertiary/aromatic N) is 1. The van der Waals surface area contributed by atoms with Gasteiger partial charge in [-0.1, -0.05) is 32.0 Å². The van der Waals surface area contributed by atoms with Crippen LogP contribution in [0.15, 0.2) is 52.0 Å². The van der Waals surface area contributed by atoms with Crippen LogP contribution in [0.4, 0.5) is 13.2 Å². The molecule has 5 nitrogen and oxygen atoms in total. The second-order valence-corrected chi connectivity index (χ2v) is 8.43. The number of hydrogen-bond donors (Lipinski definition) is 1. The van der Waals surface area contributed by atoms with Gasteiger partial charge in [-0.15, -0.1) is 0 Å². The maximum absolute atomic E-state index is 14.1. The first kappa shape index (κ1) is 20.5. The largest absolute Gasteiger partial charge is 0.493 e. The van der Waals surface area contributed by atoms with Crippen LogP contribution in [0.2, 0.25) is 0 Å². The molecule has 4 rings (SSSR count). The van der Waals surface area contributed by atoms with Crippen LogP contribution in [-0.4, -0.2) is 28.1 Å². The lowest BCUT2D eigenvalue weighted by molar-refractivity contribution is -0.271. The van der Waals surface area contributed by atoms with E-state index in [9.17, 15) is 23.1 Å². The molecule has 0 amide bonds. The number of aromatic nitrogens is 1. The summed E-state index contributed by atoms with van der Waals surface area (Å²) in [4.78, 5) is 11.9. The Labute approximate surface area is 170 Å². The SMILES string of the molecule is CC(C)(CC(O)(Cn1ccc(=O)c2ccoc21)C(F)(F)F)c1cccc2c1OCC2. The van der Waals surface area contributed by atoms with Gasteiger partial charge in [0.25, 0.3) is 0 Å². The quantitative estimate of drug-likeness (QED) is 0.671. The Bertz CT molecular complexity index is 1150. The lowest BCUT2D eigenvalue weighted by Gasteiger charge is -2.38. The van der Waals surface area contributed by atoms with Gasteiger partial charge in [-0.3, -0.25) is 4.79 Å². The summed E-state index contributed by atoms with van der Waals surface area (Å²) in [6.07, 6.45) is -2.36. The molecule has 0 fully saturated rings. The van der Waals surface area contributed by atoms with Gasteiger partial charge in [-0.2, -0.15) is 13.2 Å². The zero-order chi connectivity index (χ0) is 21.7. The molecular weight excluding hydrogens is 399 g/mol. The number of para-hydroxylation sites is 1. The topological polar surface area (TPSA) is 64.6 Å². The smallest absolute Gasteiger partial charge is 0.418 e. The molecule has 0 bridgehead atoms. The summed E-state index contributed by atoms with van der Waals surface area (Å²) in [5.74, 6) is 0.601. The highest BCUT2D eigenvalue weighted by molar-refractivity contribution is 5.73. The zero-order valence-electron chi connectivity index (χ0n) is 16.6. The zero-order valence-corrected chi connectivity index (χ0v) is 16.6. The van der Waals surface area contributed by atoms with Crippen LogP contribution in [0, 0.1) is 0 Å². The molecule has 2 aromatic heterocycles. The molecule has 1 aliphatic heterocycles. The maximum Gasteiger partial charge on any atom is 0.418 e. The van der Waals surface area contributed by atoms with E-state index in [1.54, 1.807) is 26.0 Å². The Morgan fingerprint density at radius 2 is 1.93 bits per heavy atom. The third-order valence-corrected chi connectivity index (χ3v) is 5.71. The van der Waals surface area contributed by atoms with E-state index in [-0.39, 0.29) is 16.5 Å². The van der Waals surface area contributed by atoms with Crippen LogP contribution in [-0.2, 0) is 18.4 Å². The summed E-state index contributed by atoms with van der Waals surface area (Å²) < 4.78 is 54.4. The normalized spacial score (nSPS) is 16.3. The fourth-order valence-electron chi connectivity index (χ4n) is 4.25. The highest BCUT2D eigenvalue weighted by Crippen LogP contribution is 2.46. The van der Waals surface area contributed by atoms with Crippen molar-refractivity contribution in [2.75, 3.05) is 6.61 Å². The van der Waals surface area contributed by atoms with E-state index in [1.807, 2.05) is 6.07 Å². The average Bonchev–Trinajstić information content (AvgIpc) is 3.31. The number of furan rings is 1. The van der Waals surface area contributed by atoms with Crippen molar-refractivity contribution in [1.29, 1.82) is 0 Å². The molecule has 0 radical (unpaired) electrons. The number of pyridine rings is 1. The molecule has 160 valence electrons. The number of benzene rings is 1. The molecule has 8 heteroatoms.